The Balaban J connectivity index is 1.52. The summed E-state index contributed by atoms with van der Waals surface area (Å²) in [6.45, 7) is 2.03. The number of nitrogens with one attached hydrogen (secondary N) is 1. The Hall–Kier alpha value is -3.46. The van der Waals surface area contributed by atoms with Gasteiger partial charge in [-0.3, -0.25) is 15.0 Å². The van der Waals surface area contributed by atoms with Gasteiger partial charge in [-0.2, -0.15) is 0 Å². The van der Waals surface area contributed by atoms with E-state index in [-0.39, 0.29) is 30.6 Å². The van der Waals surface area contributed by atoms with Crippen molar-refractivity contribution in [2.75, 3.05) is 0 Å². The molecule has 0 radical (unpaired) electrons. The lowest BCUT2D eigenvalue weighted by Crippen LogP contribution is -2.42. The standard InChI is InChI=1S/C26H27FN2O3/c1-19-14-15-20(17-24(19)27)9-4-2-3-5-10-21-11-8-12-22-23(21)18-29(26(22)32)28-25(31)13-6-7-16-30/h8,11-12,14-17H,2-4,6-7,9,13,18H2,1H3,(H,28,31). The molecule has 1 aliphatic rings. The third kappa shape index (κ3) is 6.04. The smallest absolute Gasteiger partial charge is 0.272 e. The van der Waals surface area contributed by atoms with E-state index in [0.29, 0.717) is 30.4 Å². The Morgan fingerprint density at radius 3 is 2.84 bits per heavy atom. The number of carbonyl (C=O) groups excluding carboxylic acids is 3. The quantitative estimate of drug-likeness (QED) is 0.364. The molecule has 5 nitrogen and oxygen atoms in total. The fraction of sp³-hybridized carbons (Fsp3) is 0.346. The van der Waals surface area contributed by atoms with Gasteiger partial charge in [0.05, 0.1) is 6.54 Å². The highest BCUT2D eigenvalue weighted by Gasteiger charge is 2.30. The minimum absolute atomic E-state index is 0.166. The van der Waals surface area contributed by atoms with Crippen LogP contribution in [0.3, 0.4) is 0 Å². The molecule has 166 valence electrons. The zero-order chi connectivity index (χ0) is 22.9. The van der Waals surface area contributed by atoms with Gasteiger partial charge in [-0.15, -0.1) is 0 Å². The highest BCUT2D eigenvalue weighted by atomic mass is 19.1. The van der Waals surface area contributed by atoms with Crippen LogP contribution in [0.25, 0.3) is 0 Å². The lowest BCUT2D eigenvalue weighted by atomic mass is 10.0. The van der Waals surface area contributed by atoms with Crippen molar-refractivity contribution < 1.29 is 18.8 Å². The zero-order valence-corrected chi connectivity index (χ0v) is 18.2. The van der Waals surface area contributed by atoms with Crippen LogP contribution in [0.5, 0.6) is 0 Å². The van der Waals surface area contributed by atoms with Crippen LogP contribution in [-0.4, -0.2) is 23.1 Å². The number of hydrogen-bond acceptors (Lipinski definition) is 3. The number of amides is 2. The van der Waals surface area contributed by atoms with E-state index >= 15 is 0 Å². The summed E-state index contributed by atoms with van der Waals surface area (Å²) >= 11 is 0. The normalized spacial score (nSPS) is 12.2. The Morgan fingerprint density at radius 1 is 1.22 bits per heavy atom. The van der Waals surface area contributed by atoms with Crippen molar-refractivity contribution >= 4 is 18.1 Å². The molecule has 1 heterocycles. The van der Waals surface area contributed by atoms with Crippen molar-refractivity contribution in [3.8, 4) is 11.8 Å². The largest absolute Gasteiger partial charge is 0.303 e. The molecule has 32 heavy (non-hydrogen) atoms. The number of halogens is 1. The second-order valence-corrected chi connectivity index (χ2v) is 7.91. The van der Waals surface area contributed by atoms with Crippen LogP contribution in [0.15, 0.2) is 36.4 Å². The molecule has 0 aromatic heterocycles. The van der Waals surface area contributed by atoms with Crippen molar-refractivity contribution in [3.63, 3.8) is 0 Å². The van der Waals surface area contributed by atoms with Gasteiger partial charge in [-0.05, 0) is 61.9 Å². The van der Waals surface area contributed by atoms with Gasteiger partial charge in [-0.25, -0.2) is 9.40 Å². The predicted octanol–water partition coefficient (Wildman–Crippen LogP) is 4.25. The van der Waals surface area contributed by atoms with E-state index in [1.54, 1.807) is 31.2 Å². The summed E-state index contributed by atoms with van der Waals surface area (Å²) in [5.41, 5.74) is 6.42. The molecule has 0 saturated heterocycles. The lowest BCUT2D eigenvalue weighted by molar-refractivity contribution is -0.125. The van der Waals surface area contributed by atoms with Crippen LogP contribution in [0.4, 0.5) is 4.39 Å². The van der Waals surface area contributed by atoms with Crippen LogP contribution in [0.1, 0.15) is 71.1 Å². The molecule has 0 saturated carbocycles. The molecular weight excluding hydrogens is 407 g/mol. The minimum Gasteiger partial charge on any atom is -0.303 e. The summed E-state index contributed by atoms with van der Waals surface area (Å²) in [6, 6.07) is 10.8. The Labute approximate surface area is 188 Å². The summed E-state index contributed by atoms with van der Waals surface area (Å²) in [7, 11) is 0. The third-order valence-corrected chi connectivity index (χ3v) is 5.43. The molecule has 2 amide bonds. The molecule has 2 aromatic rings. The maximum atomic E-state index is 13.6. The topological polar surface area (TPSA) is 66.5 Å². The molecule has 0 bridgehead atoms. The fourth-order valence-corrected chi connectivity index (χ4v) is 3.58. The molecule has 2 aromatic carbocycles. The molecule has 0 spiro atoms. The Kier molecular flexibility index (Phi) is 8.15. The molecule has 0 atom stereocenters. The number of unbranched alkanes of at least 4 members (excludes halogenated alkanes) is 3. The second kappa shape index (κ2) is 11.2. The molecule has 1 N–H and O–H groups in total. The molecular formula is C26H27FN2O3. The lowest BCUT2D eigenvalue weighted by Gasteiger charge is -2.16. The summed E-state index contributed by atoms with van der Waals surface area (Å²) in [4.78, 5) is 35.0. The van der Waals surface area contributed by atoms with Crippen molar-refractivity contribution in [3.05, 3.63) is 70.0 Å². The van der Waals surface area contributed by atoms with Crippen LogP contribution < -0.4 is 5.43 Å². The number of carbonyl (C=O) groups is 3. The summed E-state index contributed by atoms with van der Waals surface area (Å²) < 4.78 is 13.6. The minimum atomic E-state index is -0.283. The van der Waals surface area contributed by atoms with E-state index in [2.05, 4.69) is 17.3 Å². The number of fused-ring (bicyclic) bond motifs is 1. The van der Waals surface area contributed by atoms with Gasteiger partial charge in [0.1, 0.15) is 12.1 Å². The van der Waals surface area contributed by atoms with Crippen LogP contribution in [0.2, 0.25) is 0 Å². The third-order valence-electron chi connectivity index (χ3n) is 5.43. The SMILES string of the molecule is Cc1ccc(CCCCC#Cc2cccc3c2CN(NC(=O)CCCC=O)C3=O)cc1F. The van der Waals surface area contributed by atoms with Gasteiger partial charge < -0.3 is 4.79 Å². The van der Waals surface area contributed by atoms with E-state index in [1.165, 1.54) is 5.01 Å². The van der Waals surface area contributed by atoms with Crippen molar-refractivity contribution in [2.45, 2.75) is 58.4 Å². The predicted molar refractivity (Wildman–Crippen MR) is 120 cm³/mol. The van der Waals surface area contributed by atoms with E-state index in [9.17, 15) is 18.8 Å². The van der Waals surface area contributed by atoms with Crippen LogP contribution in [0, 0.1) is 24.6 Å². The highest BCUT2D eigenvalue weighted by Crippen LogP contribution is 2.24. The molecule has 3 rings (SSSR count). The summed E-state index contributed by atoms with van der Waals surface area (Å²) in [5, 5.41) is 1.31. The first-order chi connectivity index (χ1) is 15.5. The fourth-order valence-electron chi connectivity index (χ4n) is 3.58. The first-order valence-corrected chi connectivity index (χ1v) is 10.9. The molecule has 0 aliphatic carbocycles. The van der Waals surface area contributed by atoms with Gasteiger partial charge >= 0.3 is 0 Å². The van der Waals surface area contributed by atoms with Crippen molar-refractivity contribution in [2.24, 2.45) is 0 Å². The summed E-state index contributed by atoms with van der Waals surface area (Å²) in [5.74, 6) is 5.62. The van der Waals surface area contributed by atoms with E-state index in [0.717, 1.165) is 42.2 Å². The maximum Gasteiger partial charge on any atom is 0.272 e. The maximum absolute atomic E-state index is 13.6. The van der Waals surface area contributed by atoms with Crippen LogP contribution >= 0.6 is 0 Å². The number of hydrazine groups is 1. The second-order valence-electron chi connectivity index (χ2n) is 7.91. The van der Waals surface area contributed by atoms with E-state index < -0.39 is 0 Å². The number of nitrogens with zero attached hydrogens (tertiary/aromatic N) is 1. The van der Waals surface area contributed by atoms with Crippen molar-refractivity contribution in [1.29, 1.82) is 0 Å². The molecule has 0 fully saturated rings. The van der Waals surface area contributed by atoms with E-state index in [4.69, 9.17) is 0 Å². The zero-order valence-electron chi connectivity index (χ0n) is 18.2. The summed E-state index contributed by atoms with van der Waals surface area (Å²) in [6.07, 6.45) is 5.10. The Morgan fingerprint density at radius 2 is 2.06 bits per heavy atom. The van der Waals surface area contributed by atoms with Crippen molar-refractivity contribution in [1.82, 2.24) is 10.4 Å². The first-order valence-electron chi connectivity index (χ1n) is 10.9. The van der Waals surface area contributed by atoms with Gasteiger partial charge in [0.2, 0.25) is 5.91 Å². The van der Waals surface area contributed by atoms with Gasteiger partial charge in [-0.1, -0.05) is 30.0 Å². The molecule has 1 aliphatic heterocycles. The molecule has 6 heteroatoms. The Bertz CT molecular complexity index is 1070. The van der Waals surface area contributed by atoms with E-state index in [1.807, 2.05) is 12.1 Å². The average Bonchev–Trinajstić information content (AvgIpc) is 3.09. The number of benzene rings is 2. The highest BCUT2D eigenvalue weighted by molar-refractivity contribution is 6.00. The number of aldehydes is 1. The monoisotopic (exact) mass is 434 g/mol. The molecule has 0 unspecified atom stereocenters. The average molecular weight is 435 g/mol. The number of hydrogen-bond donors (Lipinski definition) is 1. The van der Waals surface area contributed by atoms with Gasteiger partial charge in [0.15, 0.2) is 0 Å². The van der Waals surface area contributed by atoms with Crippen LogP contribution in [-0.2, 0) is 22.6 Å². The first kappa shape index (κ1) is 23.2. The van der Waals surface area contributed by atoms with Gasteiger partial charge in [0, 0.05) is 36.0 Å². The van der Waals surface area contributed by atoms with Gasteiger partial charge in [0.25, 0.3) is 5.91 Å². The number of rotatable bonds is 9. The number of aryl methyl sites for hydroxylation is 2.